The lowest BCUT2D eigenvalue weighted by Crippen LogP contribution is -2.23. The van der Waals surface area contributed by atoms with Gasteiger partial charge in [0.15, 0.2) is 0 Å². The van der Waals surface area contributed by atoms with Gasteiger partial charge in [-0.15, -0.1) is 0 Å². The summed E-state index contributed by atoms with van der Waals surface area (Å²) < 4.78 is 13.0. The minimum atomic E-state index is -0.298. The van der Waals surface area contributed by atoms with Gasteiger partial charge in [0, 0.05) is 18.4 Å². The predicted molar refractivity (Wildman–Crippen MR) is 96.3 cm³/mol. The molecule has 2 N–H and O–H groups in total. The summed E-state index contributed by atoms with van der Waals surface area (Å²) in [5.41, 5.74) is 4.05. The van der Waals surface area contributed by atoms with Gasteiger partial charge in [-0.2, -0.15) is 0 Å². The third kappa shape index (κ3) is 4.41. The first-order valence-corrected chi connectivity index (χ1v) is 7.92. The van der Waals surface area contributed by atoms with E-state index in [-0.39, 0.29) is 11.7 Å². The lowest BCUT2D eigenvalue weighted by molar-refractivity contribution is 0.0950. The van der Waals surface area contributed by atoms with E-state index in [9.17, 15) is 9.18 Å². The molecule has 0 spiro atoms. The average Bonchev–Trinajstić information content (AvgIpc) is 2.63. The Bertz CT molecular complexity index is 878. The van der Waals surface area contributed by atoms with Crippen molar-refractivity contribution in [1.82, 2.24) is 10.3 Å². The molecule has 0 aliphatic carbocycles. The number of rotatable bonds is 5. The van der Waals surface area contributed by atoms with Crippen molar-refractivity contribution in [2.24, 2.45) is 0 Å². The van der Waals surface area contributed by atoms with E-state index < -0.39 is 0 Å². The molecular weight excluding hydrogens is 317 g/mol. The van der Waals surface area contributed by atoms with E-state index in [0.717, 1.165) is 16.8 Å². The molecule has 0 bridgehead atoms. The van der Waals surface area contributed by atoms with Crippen molar-refractivity contribution >= 4 is 17.3 Å². The monoisotopic (exact) mass is 335 g/mol. The number of aryl methyl sites for hydroxylation is 1. The van der Waals surface area contributed by atoms with Crippen LogP contribution >= 0.6 is 0 Å². The van der Waals surface area contributed by atoms with Crippen LogP contribution in [-0.4, -0.2) is 10.9 Å². The van der Waals surface area contributed by atoms with Crippen LogP contribution in [0.1, 0.15) is 21.5 Å². The van der Waals surface area contributed by atoms with E-state index in [1.165, 1.54) is 18.3 Å². The molecule has 1 amide bonds. The lowest BCUT2D eigenvalue weighted by atomic mass is 10.1. The van der Waals surface area contributed by atoms with Crippen LogP contribution in [0.5, 0.6) is 0 Å². The number of carbonyl (C=O) groups excluding carboxylic acids is 1. The highest BCUT2D eigenvalue weighted by Gasteiger charge is 2.08. The van der Waals surface area contributed by atoms with E-state index in [1.807, 2.05) is 31.2 Å². The number of pyridine rings is 1. The Morgan fingerprint density at radius 3 is 2.56 bits per heavy atom. The van der Waals surface area contributed by atoms with Crippen molar-refractivity contribution in [3.63, 3.8) is 0 Å². The van der Waals surface area contributed by atoms with Crippen LogP contribution in [0, 0.1) is 12.7 Å². The molecule has 3 aromatic rings. The number of nitrogens with zero attached hydrogens (tertiary/aromatic N) is 1. The minimum Gasteiger partial charge on any atom is -0.354 e. The second kappa shape index (κ2) is 7.57. The molecule has 5 heteroatoms. The number of hydrogen-bond donors (Lipinski definition) is 2. The van der Waals surface area contributed by atoms with Gasteiger partial charge in [0.1, 0.15) is 5.82 Å². The molecule has 0 atom stereocenters. The number of hydrogen-bond acceptors (Lipinski definition) is 3. The third-order valence-corrected chi connectivity index (χ3v) is 3.83. The minimum absolute atomic E-state index is 0.196. The zero-order valence-electron chi connectivity index (χ0n) is 13.8. The van der Waals surface area contributed by atoms with Crippen LogP contribution in [0.4, 0.5) is 15.8 Å². The first-order chi connectivity index (χ1) is 12.1. The molecule has 1 aromatic heterocycles. The van der Waals surface area contributed by atoms with Crippen LogP contribution in [0.3, 0.4) is 0 Å². The molecule has 0 radical (unpaired) electrons. The van der Waals surface area contributed by atoms with Crippen molar-refractivity contribution in [2.75, 3.05) is 5.32 Å². The van der Waals surface area contributed by atoms with E-state index >= 15 is 0 Å². The molecule has 0 aliphatic heterocycles. The standard InChI is InChI=1S/C20H18FN3O/c1-14-4-2-3-5-15(14)12-23-20(25)16-10-19(13-22-11-16)24-18-8-6-17(21)7-9-18/h2-11,13,24H,12H2,1H3,(H,23,25). The molecular formula is C20H18FN3O. The number of aromatic nitrogens is 1. The molecule has 0 aliphatic rings. The number of halogens is 1. The number of amides is 1. The van der Waals surface area contributed by atoms with Gasteiger partial charge in [0.2, 0.25) is 0 Å². The van der Waals surface area contributed by atoms with E-state index in [1.54, 1.807) is 24.4 Å². The predicted octanol–water partition coefficient (Wildman–Crippen LogP) is 4.20. The van der Waals surface area contributed by atoms with Crippen molar-refractivity contribution in [1.29, 1.82) is 0 Å². The van der Waals surface area contributed by atoms with Gasteiger partial charge in [0.05, 0.1) is 17.4 Å². The van der Waals surface area contributed by atoms with Crippen molar-refractivity contribution in [2.45, 2.75) is 13.5 Å². The average molecular weight is 335 g/mol. The van der Waals surface area contributed by atoms with E-state index in [0.29, 0.717) is 17.8 Å². The normalized spacial score (nSPS) is 10.3. The fourth-order valence-electron chi connectivity index (χ4n) is 2.42. The lowest BCUT2D eigenvalue weighted by Gasteiger charge is -2.10. The maximum Gasteiger partial charge on any atom is 0.253 e. The fraction of sp³-hybridized carbons (Fsp3) is 0.100. The van der Waals surface area contributed by atoms with E-state index in [2.05, 4.69) is 15.6 Å². The molecule has 2 aromatic carbocycles. The Hall–Kier alpha value is -3.21. The first-order valence-electron chi connectivity index (χ1n) is 7.92. The Kier molecular flexibility index (Phi) is 5.04. The summed E-state index contributed by atoms with van der Waals surface area (Å²) >= 11 is 0. The molecule has 4 nitrogen and oxygen atoms in total. The van der Waals surface area contributed by atoms with Crippen molar-refractivity contribution < 1.29 is 9.18 Å². The molecule has 126 valence electrons. The van der Waals surface area contributed by atoms with Gasteiger partial charge in [-0.05, 0) is 48.4 Å². The van der Waals surface area contributed by atoms with Gasteiger partial charge in [-0.3, -0.25) is 9.78 Å². The van der Waals surface area contributed by atoms with Crippen LogP contribution < -0.4 is 10.6 Å². The summed E-state index contributed by atoms with van der Waals surface area (Å²) in [5, 5.41) is 6.00. The highest BCUT2D eigenvalue weighted by molar-refractivity contribution is 5.94. The molecule has 0 saturated heterocycles. The van der Waals surface area contributed by atoms with Crippen molar-refractivity contribution in [3.8, 4) is 0 Å². The maximum atomic E-state index is 13.0. The topological polar surface area (TPSA) is 54.0 Å². The largest absolute Gasteiger partial charge is 0.354 e. The smallest absolute Gasteiger partial charge is 0.253 e. The summed E-state index contributed by atoms with van der Waals surface area (Å²) in [7, 11) is 0. The molecule has 25 heavy (non-hydrogen) atoms. The molecule has 0 unspecified atom stereocenters. The van der Waals surface area contributed by atoms with Gasteiger partial charge < -0.3 is 10.6 Å². The zero-order chi connectivity index (χ0) is 17.6. The molecule has 3 rings (SSSR count). The fourth-order valence-corrected chi connectivity index (χ4v) is 2.42. The second-order valence-electron chi connectivity index (χ2n) is 5.70. The van der Waals surface area contributed by atoms with Crippen LogP contribution in [0.15, 0.2) is 67.0 Å². The third-order valence-electron chi connectivity index (χ3n) is 3.83. The number of nitrogens with one attached hydrogen (secondary N) is 2. The Morgan fingerprint density at radius 2 is 1.80 bits per heavy atom. The van der Waals surface area contributed by atoms with Crippen LogP contribution in [0.2, 0.25) is 0 Å². The Morgan fingerprint density at radius 1 is 1.04 bits per heavy atom. The summed E-state index contributed by atoms with van der Waals surface area (Å²) in [6.07, 6.45) is 3.13. The Labute approximate surface area is 145 Å². The van der Waals surface area contributed by atoms with Crippen LogP contribution in [-0.2, 0) is 6.54 Å². The van der Waals surface area contributed by atoms with Crippen LogP contribution in [0.25, 0.3) is 0 Å². The molecule has 0 fully saturated rings. The highest BCUT2D eigenvalue weighted by Crippen LogP contribution is 2.17. The zero-order valence-corrected chi connectivity index (χ0v) is 13.8. The molecule has 1 heterocycles. The number of anilines is 2. The van der Waals surface area contributed by atoms with E-state index in [4.69, 9.17) is 0 Å². The summed E-state index contributed by atoms with van der Waals surface area (Å²) in [6.45, 7) is 2.47. The summed E-state index contributed by atoms with van der Waals surface area (Å²) in [4.78, 5) is 16.4. The van der Waals surface area contributed by atoms with Crippen molar-refractivity contribution in [3.05, 3.63) is 89.5 Å². The Balaban J connectivity index is 1.67. The SMILES string of the molecule is Cc1ccccc1CNC(=O)c1cncc(Nc2ccc(F)cc2)c1. The summed E-state index contributed by atoms with van der Waals surface area (Å²) in [6, 6.07) is 15.6. The quantitative estimate of drug-likeness (QED) is 0.735. The van der Waals surface area contributed by atoms with Gasteiger partial charge >= 0.3 is 0 Å². The molecule has 0 saturated carbocycles. The van der Waals surface area contributed by atoms with Gasteiger partial charge in [-0.1, -0.05) is 24.3 Å². The van der Waals surface area contributed by atoms with Gasteiger partial charge in [0.25, 0.3) is 5.91 Å². The first kappa shape index (κ1) is 16.6. The highest BCUT2D eigenvalue weighted by atomic mass is 19.1. The maximum absolute atomic E-state index is 13.0. The number of carbonyl (C=O) groups is 1. The van der Waals surface area contributed by atoms with Gasteiger partial charge in [-0.25, -0.2) is 4.39 Å². The summed E-state index contributed by atoms with van der Waals surface area (Å²) in [5.74, 6) is -0.494. The number of benzene rings is 2. The second-order valence-corrected chi connectivity index (χ2v) is 5.70.